The first-order valence-corrected chi connectivity index (χ1v) is 28.6. The average molecular weight is 1160 g/mol. The fourth-order valence-electron chi connectivity index (χ4n) is 9.47. The number of thiazole rings is 1. The summed E-state index contributed by atoms with van der Waals surface area (Å²) in [6.45, 7) is 13.4. The first kappa shape index (κ1) is 58.1. The first-order chi connectivity index (χ1) is 37.4. The SMILES string of the molecule is Cc1ncsc1-c1ccc([C@@H]2NC(=O)[C@@H]3C[C@@H](O)CN3C(=O)[C@H](C(C)(C)C)NC(=O)CSC[C@H](C(N)=O)NC(=O)C(CNC(=O)C[C@@H]3N=C(c4ccc(Cl)cc4)c4c(sc(C)c4C)-n4c(C)nnc43)NC(=O)[C@@H](C)NC2=O)cc1. The van der Waals surface area contributed by atoms with Crippen molar-refractivity contribution in [3.8, 4) is 15.4 Å². The number of rotatable bonds is 8. The Morgan fingerprint density at radius 2 is 1.57 bits per heavy atom. The minimum Gasteiger partial charge on any atom is -0.391 e. The number of hydrogen-bond donors (Lipinski definition) is 8. The number of carbonyl (C=O) groups is 8. The Bertz CT molecular complexity index is 3230. The van der Waals surface area contributed by atoms with Crippen molar-refractivity contribution in [2.75, 3.05) is 24.6 Å². The molecule has 8 amide bonds. The van der Waals surface area contributed by atoms with Crippen molar-refractivity contribution in [2.24, 2.45) is 16.1 Å². The lowest BCUT2D eigenvalue weighted by Crippen LogP contribution is -2.60. The highest BCUT2D eigenvalue weighted by Gasteiger charge is 2.46. The molecule has 0 spiro atoms. The van der Waals surface area contributed by atoms with E-state index < -0.39 is 108 Å². The number of nitrogens with zero attached hydrogens (tertiary/aromatic N) is 6. The summed E-state index contributed by atoms with van der Waals surface area (Å²) in [5, 5.41) is 37.1. The number of halogens is 1. The number of benzene rings is 2. The summed E-state index contributed by atoms with van der Waals surface area (Å²) in [6.07, 6.45) is -1.60. The maximum absolute atomic E-state index is 14.5. The Kier molecular flexibility index (Phi) is 17.7. The molecule has 2 aromatic carbocycles. The Morgan fingerprint density at radius 3 is 2.23 bits per heavy atom. The highest BCUT2D eigenvalue weighted by molar-refractivity contribution is 8.00. The third-order valence-corrected chi connectivity index (χ3v) is 17.3. The molecule has 0 radical (unpaired) electrons. The summed E-state index contributed by atoms with van der Waals surface area (Å²) in [7, 11) is 0. The van der Waals surface area contributed by atoms with Gasteiger partial charge in [0.05, 0.1) is 40.1 Å². The van der Waals surface area contributed by atoms with Crippen LogP contribution in [0.2, 0.25) is 5.02 Å². The van der Waals surface area contributed by atoms with Crippen molar-refractivity contribution < 1.29 is 43.5 Å². The zero-order valence-electron chi connectivity index (χ0n) is 44.6. The van der Waals surface area contributed by atoms with E-state index in [0.717, 1.165) is 54.5 Å². The average Bonchev–Trinajstić information content (AvgIpc) is 4.17. The Labute approximate surface area is 472 Å². The van der Waals surface area contributed by atoms with Crippen LogP contribution in [0.1, 0.15) is 97.1 Å². The highest BCUT2D eigenvalue weighted by Crippen LogP contribution is 2.40. The Hall–Kier alpha value is -7.06. The van der Waals surface area contributed by atoms with Gasteiger partial charge in [-0.2, -0.15) is 0 Å². The van der Waals surface area contributed by atoms with Gasteiger partial charge in [-0.1, -0.05) is 68.8 Å². The molecule has 79 heavy (non-hydrogen) atoms. The van der Waals surface area contributed by atoms with Gasteiger partial charge in [0.2, 0.25) is 47.3 Å². The van der Waals surface area contributed by atoms with E-state index in [-0.39, 0.29) is 30.9 Å². The minimum atomic E-state index is -1.59. The molecule has 418 valence electrons. The minimum absolute atomic E-state index is 0.183. The fraction of sp³-hybridized carbons (Fsp3) is 0.434. The van der Waals surface area contributed by atoms with Crippen LogP contribution in [0.4, 0.5) is 0 Å². The Morgan fingerprint density at radius 1 is 0.873 bits per heavy atom. The molecule has 26 heteroatoms. The molecule has 5 aromatic rings. The zero-order chi connectivity index (χ0) is 57.2. The number of hydrogen-bond acceptors (Lipinski definition) is 16. The zero-order valence-corrected chi connectivity index (χ0v) is 47.8. The molecule has 8 rings (SSSR count). The number of nitrogens with one attached hydrogen (secondary N) is 6. The predicted octanol–water partition coefficient (Wildman–Crippen LogP) is 2.79. The van der Waals surface area contributed by atoms with Gasteiger partial charge in [0.25, 0.3) is 0 Å². The van der Waals surface area contributed by atoms with Crippen LogP contribution in [0.15, 0.2) is 59.0 Å². The van der Waals surface area contributed by atoms with Crippen molar-refractivity contribution >= 4 is 99.0 Å². The maximum Gasteiger partial charge on any atom is 0.247 e. The Balaban J connectivity index is 1.09. The van der Waals surface area contributed by atoms with E-state index in [2.05, 4.69) is 47.1 Å². The molecule has 0 bridgehead atoms. The van der Waals surface area contributed by atoms with Crippen LogP contribution in [-0.4, -0.2) is 144 Å². The van der Waals surface area contributed by atoms with E-state index in [0.29, 0.717) is 27.9 Å². The fourth-order valence-corrected chi connectivity index (χ4v) is 12.5. The van der Waals surface area contributed by atoms with E-state index in [1.54, 1.807) is 69.6 Å². The van der Waals surface area contributed by atoms with E-state index in [9.17, 15) is 43.5 Å². The number of amides is 8. The molecular weight excluding hydrogens is 1090 g/mol. The monoisotopic (exact) mass is 1160 g/mol. The number of aliphatic imine (C=N–C) groups is 1. The number of thioether (sulfide) groups is 1. The second-order valence-corrected chi connectivity index (χ2v) is 24.3. The van der Waals surface area contributed by atoms with Gasteiger partial charge in [0.15, 0.2) is 5.82 Å². The molecule has 22 nitrogen and oxygen atoms in total. The maximum atomic E-state index is 14.5. The molecule has 3 aliphatic heterocycles. The number of aryl methyl sites for hydroxylation is 3. The summed E-state index contributed by atoms with van der Waals surface area (Å²) < 4.78 is 1.88. The van der Waals surface area contributed by atoms with Gasteiger partial charge in [-0.15, -0.1) is 44.6 Å². The van der Waals surface area contributed by atoms with Gasteiger partial charge >= 0.3 is 0 Å². The van der Waals surface area contributed by atoms with Gasteiger partial charge in [0, 0.05) is 46.3 Å². The van der Waals surface area contributed by atoms with Gasteiger partial charge in [-0.3, -0.25) is 47.9 Å². The van der Waals surface area contributed by atoms with Gasteiger partial charge < -0.3 is 47.6 Å². The number of aromatic nitrogens is 4. The van der Waals surface area contributed by atoms with Crippen LogP contribution in [0, 0.1) is 33.1 Å². The lowest BCUT2D eigenvalue weighted by molar-refractivity contribution is -0.144. The summed E-state index contributed by atoms with van der Waals surface area (Å²) in [6, 6.07) is 4.66. The predicted molar refractivity (Wildman–Crippen MR) is 300 cm³/mol. The van der Waals surface area contributed by atoms with E-state index in [1.165, 1.54) is 34.5 Å². The molecule has 3 aliphatic rings. The van der Waals surface area contributed by atoms with Gasteiger partial charge in [0.1, 0.15) is 53.1 Å². The van der Waals surface area contributed by atoms with Gasteiger partial charge in [-0.05, 0) is 68.9 Å². The molecule has 3 aromatic heterocycles. The van der Waals surface area contributed by atoms with Crippen molar-refractivity contribution in [3.63, 3.8) is 0 Å². The smallest absolute Gasteiger partial charge is 0.247 e. The number of carbonyl (C=O) groups excluding carboxylic acids is 8. The van der Waals surface area contributed by atoms with Crippen molar-refractivity contribution in [3.05, 3.63) is 104 Å². The summed E-state index contributed by atoms with van der Waals surface area (Å²) in [5.74, 6) is -5.93. The van der Waals surface area contributed by atoms with Crippen LogP contribution in [0.25, 0.3) is 15.4 Å². The van der Waals surface area contributed by atoms with Crippen molar-refractivity contribution in [1.82, 2.24) is 56.5 Å². The van der Waals surface area contributed by atoms with E-state index in [4.69, 9.17) is 22.3 Å². The summed E-state index contributed by atoms with van der Waals surface area (Å²) >= 11 is 10.2. The van der Waals surface area contributed by atoms with Crippen molar-refractivity contribution in [2.45, 2.75) is 117 Å². The quantitative estimate of drug-likeness (QED) is 0.111. The molecular formula is C53H62ClN13O9S3. The summed E-state index contributed by atoms with van der Waals surface area (Å²) in [5.41, 5.74) is 11.6. The first-order valence-electron chi connectivity index (χ1n) is 25.4. The van der Waals surface area contributed by atoms with Crippen LogP contribution >= 0.6 is 46.0 Å². The molecule has 1 unspecified atom stereocenters. The second kappa shape index (κ2) is 24.1. The third-order valence-electron chi connectivity index (χ3n) is 13.9. The number of aliphatic hydroxyl groups is 1. The lowest BCUT2D eigenvalue weighted by Gasteiger charge is -2.35. The van der Waals surface area contributed by atoms with E-state index >= 15 is 0 Å². The number of primary amides is 1. The normalized spacial score (nSPS) is 23.8. The molecule has 2 saturated heterocycles. The van der Waals surface area contributed by atoms with Crippen LogP contribution in [0.3, 0.4) is 0 Å². The molecule has 6 heterocycles. The lowest BCUT2D eigenvalue weighted by atomic mass is 9.85. The number of aliphatic hydroxyl groups excluding tert-OH is 1. The molecule has 8 atom stereocenters. The molecule has 9 N–H and O–H groups in total. The number of thiophene rings is 1. The molecule has 0 saturated carbocycles. The number of nitrogens with two attached hydrogens (primary N) is 1. The second-order valence-electron chi connectivity index (χ2n) is 20.8. The van der Waals surface area contributed by atoms with Crippen LogP contribution < -0.4 is 37.6 Å². The number of fused-ring (bicyclic) bond motifs is 4. The standard InChI is InChI=1S/C53H62ClN13O9S3/c1-24-27(4)79-52-40(24)41(29-13-15-32(54)16-14-29)59-34(46-65-64-28(5)67(46)52)18-38(69)56-19-35-48(73)61-36(45(55)71)21-77-22-39(70)62-44(53(6,7)8)51(76)66-20-33(68)17-37(66)49(74)63-42(50(75)58-26(3)47(72)60-35)30-9-11-31(12-10-30)43-25(2)57-23-78-43/h9-16,23,26,33-37,42,44,68H,17-22H2,1-8H3,(H2,55,71)(H,56,69)(H,58,75)(H,60,72)(H,61,73)(H,62,70)(H,63,74)/t26-,33-,34+,35?,36-,37+,42+,44-/m1/s1. The topological polar surface area (TPSA) is 314 Å². The molecule has 0 aliphatic carbocycles. The largest absolute Gasteiger partial charge is 0.391 e. The van der Waals surface area contributed by atoms with E-state index in [1.807, 2.05) is 37.5 Å². The summed E-state index contributed by atoms with van der Waals surface area (Å²) in [4.78, 5) is 125. The third kappa shape index (κ3) is 13.0. The van der Waals surface area contributed by atoms with Crippen molar-refractivity contribution in [1.29, 1.82) is 0 Å². The van der Waals surface area contributed by atoms with Gasteiger partial charge in [-0.25, -0.2) is 4.98 Å². The molecule has 2 fully saturated rings. The van der Waals surface area contributed by atoms with Crippen LogP contribution in [0.5, 0.6) is 0 Å². The highest BCUT2D eigenvalue weighted by atomic mass is 35.5. The van der Waals surface area contributed by atoms with Crippen LogP contribution in [-0.2, 0) is 38.4 Å².